The highest BCUT2D eigenvalue weighted by Crippen LogP contribution is 2.13. The van der Waals surface area contributed by atoms with Crippen LogP contribution in [0.25, 0.3) is 11.5 Å². The Hall–Kier alpha value is -1.53. The first kappa shape index (κ1) is 11.0. The number of methoxy groups -OCH3 is 1. The van der Waals surface area contributed by atoms with E-state index in [2.05, 4.69) is 15.2 Å². The number of pyridine rings is 1. The van der Waals surface area contributed by atoms with Gasteiger partial charge in [-0.3, -0.25) is 14.6 Å². The molecule has 0 aliphatic carbocycles. The van der Waals surface area contributed by atoms with E-state index in [-0.39, 0.29) is 0 Å². The lowest BCUT2D eigenvalue weighted by atomic mass is 10.3. The minimum Gasteiger partial charge on any atom is -0.383 e. The minimum absolute atomic E-state index is 0.581. The van der Waals surface area contributed by atoms with Gasteiger partial charge in [0.15, 0.2) is 10.6 Å². The molecule has 0 aliphatic rings. The summed E-state index contributed by atoms with van der Waals surface area (Å²) in [6.45, 7) is 1.26. The third-order valence-corrected chi connectivity index (χ3v) is 2.48. The molecule has 2 aromatic rings. The van der Waals surface area contributed by atoms with Gasteiger partial charge in [0.1, 0.15) is 5.69 Å². The monoisotopic (exact) mass is 236 g/mol. The molecule has 0 bridgehead atoms. The number of aromatic nitrogens is 4. The first-order valence-electron chi connectivity index (χ1n) is 4.88. The molecule has 0 fully saturated rings. The normalized spacial score (nSPS) is 10.6. The zero-order valence-electron chi connectivity index (χ0n) is 8.88. The van der Waals surface area contributed by atoms with Gasteiger partial charge < -0.3 is 4.74 Å². The van der Waals surface area contributed by atoms with Crippen molar-refractivity contribution in [2.24, 2.45) is 0 Å². The quantitative estimate of drug-likeness (QED) is 0.820. The number of aromatic amines is 1. The van der Waals surface area contributed by atoms with Gasteiger partial charge in [0, 0.05) is 13.3 Å². The van der Waals surface area contributed by atoms with Crippen molar-refractivity contribution in [2.45, 2.75) is 6.54 Å². The van der Waals surface area contributed by atoms with E-state index in [0.717, 1.165) is 11.5 Å². The number of nitrogens with one attached hydrogen (secondary N) is 1. The van der Waals surface area contributed by atoms with Gasteiger partial charge in [0.05, 0.1) is 13.2 Å². The second kappa shape index (κ2) is 5.00. The van der Waals surface area contributed by atoms with Crippen LogP contribution in [0, 0.1) is 4.77 Å². The zero-order chi connectivity index (χ0) is 11.4. The molecule has 0 saturated heterocycles. The van der Waals surface area contributed by atoms with E-state index in [9.17, 15) is 0 Å². The highest BCUT2D eigenvalue weighted by molar-refractivity contribution is 7.71. The van der Waals surface area contributed by atoms with Crippen LogP contribution in [0.15, 0.2) is 24.4 Å². The summed E-state index contributed by atoms with van der Waals surface area (Å²) in [5, 5.41) is 6.93. The van der Waals surface area contributed by atoms with E-state index >= 15 is 0 Å². The average Bonchev–Trinajstić information content (AvgIpc) is 2.69. The fourth-order valence-electron chi connectivity index (χ4n) is 1.40. The van der Waals surface area contributed by atoms with E-state index in [0.29, 0.717) is 17.9 Å². The highest BCUT2D eigenvalue weighted by Gasteiger charge is 2.08. The van der Waals surface area contributed by atoms with Crippen LogP contribution < -0.4 is 0 Å². The Morgan fingerprint density at radius 2 is 2.38 bits per heavy atom. The van der Waals surface area contributed by atoms with Gasteiger partial charge in [-0.25, -0.2) is 0 Å². The van der Waals surface area contributed by atoms with Crippen molar-refractivity contribution < 1.29 is 4.74 Å². The molecular weight excluding hydrogens is 224 g/mol. The van der Waals surface area contributed by atoms with Crippen LogP contribution in [0.1, 0.15) is 0 Å². The molecule has 5 nitrogen and oxygen atoms in total. The predicted molar refractivity (Wildman–Crippen MR) is 62.5 cm³/mol. The van der Waals surface area contributed by atoms with Gasteiger partial charge in [0.25, 0.3) is 0 Å². The topological polar surface area (TPSA) is 55.7 Å². The van der Waals surface area contributed by atoms with Crippen LogP contribution >= 0.6 is 12.2 Å². The maximum atomic E-state index is 5.15. The Labute approximate surface area is 98.1 Å². The van der Waals surface area contributed by atoms with Gasteiger partial charge in [-0.15, -0.1) is 0 Å². The Morgan fingerprint density at radius 1 is 1.50 bits per heavy atom. The molecular formula is C10H12N4OS. The summed E-state index contributed by atoms with van der Waals surface area (Å²) in [6, 6.07) is 5.68. The van der Waals surface area contributed by atoms with Crippen molar-refractivity contribution >= 4 is 12.2 Å². The Balaban J connectivity index is 2.38. The molecule has 0 aliphatic heterocycles. The first-order valence-corrected chi connectivity index (χ1v) is 5.29. The lowest BCUT2D eigenvalue weighted by molar-refractivity contribution is 0.187. The van der Waals surface area contributed by atoms with Crippen molar-refractivity contribution in [3.63, 3.8) is 0 Å². The SMILES string of the molecule is COCCn1c(-c2ccccn2)n[nH]c1=S. The standard InChI is InChI=1S/C10H12N4OS/c1-15-7-6-14-9(12-13-10(14)16)8-4-2-3-5-11-8/h2-5H,6-7H2,1H3,(H,13,16). The average molecular weight is 236 g/mol. The van der Waals surface area contributed by atoms with E-state index in [1.54, 1.807) is 13.3 Å². The molecule has 6 heteroatoms. The maximum Gasteiger partial charge on any atom is 0.195 e. The second-order valence-electron chi connectivity index (χ2n) is 3.21. The molecule has 0 amide bonds. The zero-order valence-corrected chi connectivity index (χ0v) is 9.70. The van der Waals surface area contributed by atoms with E-state index in [1.807, 2.05) is 22.8 Å². The molecule has 2 aromatic heterocycles. The van der Waals surface area contributed by atoms with Crippen molar-refractivity contribution in [1.82, 2.24) is 19.7 Å². The molecule has 0 atom stereocenters. The molecule has 0 radical (unpaired) electrons. The maximum absolute atomic E-state index is 5.15. The van der Waals surface area contributed by atoms with Gasteiger partial charge in [-0.1, -0.05) is 6.07 Å². The Kier molecular flexibility index (Phi) is 3.43. The molecule has 16 heavy (non-hydrogen) atoms. The highest BCUT2D eigenvalue weighted by atomic mass is 32.1. The van der Waals surface area contributed by atoms with Crippen molar-refractivity contribution in [3.8, 4) is 11.5 Å². The number of H-pyrrole nitrogens is 1. The van der Waals surface area contributed by atoms with Crippen LogP contribution in [0.4, 0.5) is 0 Å². The summed E-state index contributed by atoms with van der Waals surface area (Å²) in [4.78, 5) is 4.24. The minimum atomic E-state index is 0.581. The summed E-state index contributed by atoms with van der Waals surface area (Å²) in [6.07, 6.45) is 1.73. The molecule has 0 spiro atoms. The smallest absolute Gasteiger partial charge is 0.195 e. The van der Waals surface area contributed by atoms with Crippen LogP contribution in [-0.2, 0) is 11.3 Å². The van der Waals surface area contributed by atoms with E-state index in [4.69, 9.17) is 17.0 Å². The summed E-state index contributed by atoms with van der Waals surface area (Å²) < 4.78 is 7.49. The summed E-state index contributed by atoms with van der Waals surface area (Å²) in [7, 11) is 1.66. The van der Waals surface area contributed by atoms with E-state index in [1.165, 1.54) is 0 Å². The van der Waals surface area contributed by atoms with Gasteiger partial charge >= 0.3 is 0 Å². The molecule has 2 heterocycles. The van der Waals surface area contributed by atoms with Crippen LogP contribution in [-0.4, -0.2) is 33.5 Å². The number of rotatable bonds is 4. The third kappa shape index (κ3) is 2.17. The summed E-state index contributed by atoms with van der Waals surface area (Å²) >= 11 is 5.15. The number of hydrogen-bond donors (Lipinski definition) is 1. The number of nitrogens with zero attached hydrogens (tertiary/aromatic N) is 3. The largest absolute Gasteiger partial charge is 0.383 e. The fourth-order valence-corrected chi connectivity index (χ4v) is 1.62. The molecule has 1 N–H and O–H groups in total. The Morgan fingerprint density at radius 3 is 3.06 bits per heavy atom. The van der Waals surface area contributed by atoms with Gasteiger partial charge in [0.2, 0.25) is 0 Å². The molecule has 0 saturated carbocycles. The fraction of sp³-hybridized carbons (Fsp3) is 0.300. The number of hydrogen-bond acceptors (Lipinski definition) is 4. The Bertz CT molecular complexity index is 505. The van der Waals surface area contributed by atoms with Crippen molar-refractivity contribution in [1.29, 1.82) is 0 Å². The third-order valence-electron chi connectivity index (χ3n) is 2.17. The summed E-state index contributed by atoms with van der Waals surface area (Å²) in [5.74, 6) is 0.739. The van der Waals surface area contributed by atoms with Crippen molar-refractivity contribution in [3.05, 3.63) is 29.2 Å². The molecule has 84 valence electrons. The second-order valence-corrected chi connectivity index (χ2v) is 3.60. The van der Waals surface area contributed by atoms with Crippen LogP contribution in [0.2, 0.25) is 0 Å². The van der Waals surface area contributed by atoms with Crippen LogP contribution in [0.5, 0.6) is 0 Å². The van der Waals surface area contributed by atoms with Gasteiger partial charge in [-0.2, -0.15) is 5.10 Å². The molecule has 0 aromatic carbocycles. The first-order chi connectivity index (χ1) is 7.83. The summed E-state index contributed by atoms with van der Waals surface area (Å²) in [5.41, 5.74) is 0.797. The van der Waals surface area contributed by atoms with Crippen LogP contribution in [0.3, 0.4) is 0 Å². The lowest BCUT2D eigenvalue weighted by Crippen LogP contribution is -2.06. The van der Waals surface area contributed by atoms with Gasteiger partial charge in [-0.05, 0) is 24.4 Å². The van der Waals surface area contributed by atoms with Crippen molar-refractivity contribution in [2.75, 3.05) is 13.7 Å². The lowest BCUT2D eigenvalue weighted by Gasteiger charge is -2.04. The molecule has 2 rings (SSSR count). The molecule has 0 unspecified atom stereocenters. The number of ether oxygens (including phenoxy) is 1. The predicted octanol–water partition coefficient (Wildman–Crippen LogP) is 1.65. The van der Waals surface area contributed by atoms with E-state index < -0.39 is 0 Å².